The van der Waals surface area contributed by atoms with Gasteiger partial charge in [-0.2, -0.15) is 0 Å². The van der Waals surface area contributed by atoms with E-state index in [0.717, 1.165) is 11.0 Å². The predicted molar refractivity (Wildman–Crippen MR) is 32.8 cm³/mol. The Hall–Kier alpha value is -0.240. The van der Waals surface area contributed by atoms with Crippen molar-refractivity contribution < 1.29 is 0 Å². The molecule has 0 spiro atoms. The summed E-state index contributed by atoms with van der Waals surface area (Å²) in [5, 5.41) is 2.98. The molecule has 1 rings (SSSR count). The summed E-state index contributed by atoms with van der Waals surface area (Å²) in [6.45, 7) is 0.896. The van der Waals surface area contributed by atoms with Crippen LogP contribution in [0, 0.1) is 6.08 Å². The van der Waals surface area contributed by atoms with Crippen molar-refractivity contribution in [1.82, 2.24) is 5.32 Å². The number of hydrogen-bond donors (Lipinski definition) is 1. The number of hydrogen-bond acceptors (Lipinski definition) is 1. The standard InChI is InChI=1S/C5H5BrN/c6-5-2-1-3-7-4-5/h2-3,7H,4H2. The second-order valence-corrected chi connectivity index (χ2v) is 2.30. The fourth-order valence-electron chi connectivity index (χ4n) is 0.391. The smallest absolute Gasteiger partial charge is 0.0461 e. The first kappa shape index (κ1) is 4.91. The van der Waals surface area contributed by atoms with Gasteiger partial charge in [-0.15, -0.1) is 0 Å². The Morgan fingerprint density at radius 2 is 2.71 bits per heavy atom. The van der Waals surface area contributed by atoms with Crippen molar-refractivity contribution in [3.63, 3.8) is 0 Å². The van der Waals surface area contributed by atoms with Crippen LogP contribution in [0.3, 0.4) is 0 Å². The van der Waals surface area contributed by atoms with Gasteiger partial charge in [0.2, 0.25) is 0 Å². The molecule has 0 aromatic rings. The molecule has 0 saturated carbocycles. The van der Waals surface area contributed by atoms with Crippen molar-refractivity contribution in [3.05, 3.63) is 22.8 Å². The molecule has 0 aliphatic carbocycles. The number of dihydropyridines is 1. The summed E-state index contributed by atoms with van der Waals surface area (Å²) in [6.07, 6.45) is 6.59. The SMILES string of the molecule is BrC1=C[C]=CNC1. The second-order valence-electron chi connectivity index (χ2n) is 1.28. The maximum absolute atomic E-state index is 3.30. The maximum atomic E-state index is 3.30. The minimum absolute atomic E-state index is 0.896. The van der Waals surface area contributed by atoms with Gasteiger partial charge in [-0.25, -0.2) is 0 Å². The van der Waals surface area contributed by atoms with Crippen LogP contribution in [-0.4, -0.2) is 6.54 Å². The molecule has 37 valence electrons. The molecule has 0 aromatic carbocycles. The molecule has 1 aliphatic heterocycles. The van der Waals surface area contributed by atoms with Crippen LogP contribution in [0.25, 0.3) is 0 Å². The summed E-state index contributed by atoms with van der Waals surface area (Å²) in [6, 6.07) is 0. The Labute approximate surface area is 51.2 Å². The molecule has 1 aliphatic rings. The lowest BCUT2D eigenvalue weighted by Gasteiger charge is -2.00. The average Bonchev–Trinajstić information content (AvgIpc) is 1.69. The van der Waals surface area contributed by atoms with Gasteiger partial charge in [0, 0.05) is 17.2 Å². The summed E-state index contributed by atoms with van der Waals surface area (Å²) in [5.41, 5.74) is 0. The Kier molecular flexibility index (Phi) is 1.52. The molecule has 2 heteroatoms. The first-order valence-corrected chi connectivity index (χ1v) is 2.84. The van der Waals surface area contributed by atoms with Gasteiger partial charge in [-0.1, -0.05) is 15.9 Å². The lowest BCUT2D eigenvalue weighted by atomic mass is 10.4. The maximum Gasteiger partial charge on any atom is 0.0461 e. The summed E-state index contributed by atoms with van der Waals surface area (Å²) in [7, 11) is 0. The van der Waals surface area contributed by atoms with E-state index in [2.05, 4.69) is 27.3 Å². The second kappa shape index (κ2) is 2.17. The van der Waals surface area contributed by atoms with Crippen molar-refractivity contribution >= 4 is 15.9 Å². The minimum Gasteiger partial charge on any atom is -0.386 e. The Balaban J connectivity index is 2.57. The molecular weight excluding hydrogens is 154 g/mol. The van der Waals surface area contributed by atoms with Crippen LogP contribution >= 0.6 is 15.9 Å². The predicted octanol–water partition coefficient (Wildman–Crippen LogP) is 1.19. The zero-order valence-electron chi connectivity index (χ0n) is 3.74. The first-order valence-electron chi connectivity index (χ1n) is 2.05. The van der Waals surface area contributed by atoms with Crippen molar-refractivity contribution in [2.24, 2.45) is 0 Å². The first-order chi connectivity index (χ1) is 3.39. The normalized spacial score (nSPS) is 18.1. The molecule has 0 saturated heterocycles. The minimum atomic E-state index is 0.896. The van der Waals surface area contributed by atoms with E-state index in [9.17, 15) is 0 Å². The fourth-order valence-corrected chi connectivity index (χ4v) is 0.685. The van der Waals surface area contributed by atoms with Gasteiger partial charge in [0.15, 0.2) is 0 Å². The lowest BCUT2D eigenvalue weighted by Crippen LogP contribution is -2.08. The third-order valence-electron chi connectivity index (χ3n) is 0.696. The molecule has 1 N–H and O–H groups in total. The number of nitrogens with one attached hydrogen (secondary N) is 1. The van der Waals surface area contributed by atoms with Gasteiger partial charge in [0.25, 0.3) is 0 Å². The molecule has 0 atom stereocenters. The fraction of sp³-hybridized carbons (Fsp3) is 0.200. The highest BCUT2D eigenvalue weighted by Crippen LogP contribution is 2.04. The highest BCUT2D eigenvalue weighted by atomic mass is 79.9. The zero-order valence-corrected chi connectivity index (χ0v) is 5.33. The molecular formula is C5H5BrN. The molecule has 1 heterocycles. The van der Waals surface area contributed by atoms with Crippen LogP contribution < -0.4 is 5.32 Å². The quantitative estimate of drug-likeness (QED) is 0.559. The van der Waals surface area contributed by atoms with E-state index < -0.39 is 0 Å². The van der Waals surface area contributed by atoms with Crippen LogP contribution in [0.4, 0.5) is 0 Å². The summed E-state index contributed by atoms with van der Waals surface area (Å²) in [4.78, 5) is 0. The van der Waals surface area contributed by atoms with E-state index in [-0.39, 0.29) is 0 Å². The summed E-state index contributed by atoms with van der Waals surface area (Å²) >= 11 is 3.30. The van der Waals surface area contributed by atoms with E-state index in [4.69, 9.17) is 0 Å². The van der Waals surface area contributed by atoms with E-state index in [1.54, 1.807) is 6.20 Å². The Morgan fingerprint density at radius 3 is 3.00 bits per heavy atom. The lowest BCUT2D eigenvalue weighted by molar-refractivity contribution is 0.958. The third-order valence-corrected chi connectivity index (χ3v) is 1.21. The van der Waals surface area contributed by atoms with Crippen LogP contribution in [0.1, 0.15) is 0 Å². The highest BCUT2D eigenvalue weighted by molar-refractivity contribution is 9.11. The number of rotatable bonds is 0. The van der Waals surface area contributed by atoms with E-state index in [1.807, 2.05) is 6.08 Å². The van der Waals surface area contributed by atoms with Gasteiger partial charge in [0.05, 0.1) is 0 Å². The van der Waals surface area contributed by atoms with Crippen molar-refractivity contribution in [2.75, 3.05) is 6.54 Å². The van der Waals surface area contributed by atoms with Crippen LogP contribution in [-0.2, 0) is 0 Å². The molecule has 1 radical (unpaired) electrons. The average molecular weight is 159 g/mol. The van der Waals surface area contributed by atoms with Crippen molar-refractivity contribution in [2.45, 2.75) is 0 Å². The molecule has 0 aromatic heterocycles. The molecule has 0 amide bonds. The van der Waals surface area contributed by atoms with Crippen LogP contribution in [0.5, 0.6) is 0 Å². The van der Waals surface area contributed by atoms with Gasteiger partial charge < -0.3 is 5.32 Å². The molecule has 0 unspecified atom stereocenters. The van der Waals surface area contributed by atoms with Crippen LogP contribution in [0.2, 0.25) is 0 Å². The van der Waals surface area contributed by atoms with E-state index in [1.165, 1.54) is 0 Å². The molecule has 7 heavy (non-hydrogen) atoms. The Bertz CT molecular complexity index is 115. The Morgan fingerprint density at radius 1 is 1.86 bits per heavy atom. The van der Waals surface area contributed by atoms with Gasteiger partial charge >= 0.3 is 0 Å². The highest BCUT2D eigenvalue weighted by Gasteiger charge is 1.89. The summed E-state index contributed by atoms with van der Waals surface area (Å²) in [5.74, 6) is 0. The van der Waals surface area contributed by atoms with Crippen LogP contribution in [0.15, 0.2) is 16.8 Å². The number of allylic oxidation sites excluding steroid dienone is 2. The van der Waals surface area contributed by atoms with Crippen molar-refractivity contribution in [1.29, 1.82) is 0 Å². The van der Waals surface area contributed by atoms with Gasteiger partial charge in [-0.05, 0) is 12.2 Å². The molecule has 0 bridgehead atoms. The molecule has 1 nitrogen and oxygen atoms in total. The largest absolute Gasteiger partial charge is 0.386 e. The van der Waals surface area contributed by atoms with Gasteiger partial charge in [0.1, 0.15) is 0 Å². The summed E-state index contributed by atoms with van der Waals surface area (Å²) < 4.78 is 1.15. The van der Waals surface area contributed by atoms with Gasteiger partial charge in [-0.3, -0.25) is 0 Å². The topological polar surface area (TPSA) is 12.0 Å². The van der Waals surface area contributed by atoms with E-state index in [0.29, 0.717) is 0 Å². The number of halogens is 1. The monoisotopic (exact) mass is 158 g/mol. The third kappa shape index (κ3) is 1.35. The zero-order chi connectivity index (χ0) is 5.11. The van der Waals surface area contributed by atoms with Crippen molar-refractivity contribution in [3.8, 4) is 0 Å². The van der Waals surface area contributed by atoms with E-state index >= 15 is 0 Å². The molecule has 0 fully saturated rings.